The van der Waals surface area contributed by atoms with Crippen molar-refractivity contribution in [1.82, 2.24) is 5.32 Å². The summed E-state index contributed by atoms with van der Waals surface area (Å²) >= 11 is 0. The van der Waals surface area contributed by atoms with E-state index in [0.29, 0.717) is 17.8 Å². The summed E-state index contributed by atoms with van der Waals surface area (Å²) < 4.78 is 58.9. The van der Waals surface area contributed by atoms with E-state index in [1.54, 1.807) is 26.0 Å². The lowest BCUT2D eigenvalue weighted by molar-refractivity contribution is -0.139. The monoisotopic (exact) mass is 473 g/mol. The number of carbonyl (C=O) groups is 2. The van der Waals surface area contributed by atoms with Gasteiger partial charge in [0.05, 0.1) is 17.7 Å². The number of hydrogen-bond acceptors (Lipinski definition) is 4. The minimum atomic E-state index is -4.58. The Labute approximate surface area is 194 Å². The third-order valence-corrected chi connectivity index (χ3v) is 6.21. The Bertz CT molecular complexity index is 1200. The van der Waals surface area contributed by atoms with Gasteiger partial charge >= 0.3 is 12.1 Å². The van der Waals surface area contributed by atoms with Crippen LogP contribution in [0.4, 0.5) is 17.6 Å². The minimum absolute atomic E-state index is 0.0808. The molecule has 1 aliphatic carbocycles. The third kappa shape index (κ3) is 4.49. The summed E-state index contributed by atoms with van der Waals surface area (Å²) in [6.07, 6.45) is -4.08. The number of Topliss-reactive ketones (excluding diaryl/α,β-unsaturated/α-hetero) is 1. The molecule has 0 radical (unpaired) electrons. The van der Waals surface area contributed by atoms with E-state index in [9.17, 15) is 27.2 Å². The summed E-state index contributed by atoms with van der Waals surface area (Å²) in [4.78, 5) is 26.3. The minimum Gasteiger partial charge on any atom is -0.463 e. The van der Waals surface area contributed by atoms with Gasteiger partial charge in [-0.2, -0.15) is 13.2 Å². The molecule has 34 heavy (non-hydrogen) atoms. The second kappa shape index (κ2) is 9.08. The topological polar surface area (TPSA) is 55.4 Å². The van der Waals surface area contributed by atoms with Crippen LogP contribution in [-0.4, -0.2) is 18.4 Å². The van der Waals surface area contributed by atoms with Gasteiger partial charge in [0, 0.05) is 29.3 Å². The van der Waals surface area contributed by atoms with Crippen LogP contribution in [0.2, 0.25) is 0 Å². The predicted molar refractivity (Wildman–Crippen MR) is 117 cm³/mol. The Morgan fingerprint density at radius 2 is 1.79 bits per heavy atom. The van der Waals surface area contributed by atoms with Crippen molar-refractivity contribution in [2.24, 2.45) is 0 Å². The molecule has 0 bridgehead atoms. The molecule has 1 N–H and O–H groups in total. The first-order valence-electron chi connectivity index (χ1n) is 10.9. The van der Waals surface area contributed by atoms with Crippen LogP contribution in [0.5, 0.6) is 0 Å². The molecule has 2 aromatic carbocycles. The summed E-state index contributed by atoms with van der Waals surface area (Å²) in [6, 6.07) is 10.6. The second-order valence-electron chi connectivity index (χ2n) is 8.41. The molecule has 0 saturated heterocycles. The average molecular weight is 473 g/mol. The van der Waals surface area contributed by atoms with E-state index in [-0.39, 0.29) is 47.3 Å². The fraction of sp³-hybridized carbons (Fsp3) is 0.308. The lowest BCUT2D eigenvalue weighted by Gasteiger charge is -2.36. The molecule has 0 spiro atoms. The molecular weight excluding hydrogens is 450 g/mol. The van der Waals surface area contributed by atoms with Crippen molar-refractivity contribution < 1.29 is 31.9 Å². The lowest BCUT2D eigenvalue weighted by atomic mass is 9.71. The van der Waals surface area contributed by atoms with Gasteiger partial charge in [-0.3, -0.25) is 4.79 Å². The molecule has 2 aromatic rings. The van der Waals surface area contributed by atoms with Crippen LogP contribution in [0, 0.1) is 5.82 Å². The van der Waals surface area contributed by atoms with Gasteiger partial charge in [-0.15, -0.1) is 0 Å². The summed E-state index contributed by atoms with van der Waals surface area (Å²) in [5.74, 6) is -2.56. The molecule has 1 heterocycles. The van der Waals surface area contributed by atoms with Crippen molar-refractivity contribution in [3.8, 4) is 0 Å². The first-order chi connectivity index (χ1) is 16.1. The Kier molecular flexibility index (Phi) is 6.34. The highest BCUT2D eigenvalue weighted by Crippen LogP contribution is 2.46. The maximum Gasteiger partial charge on any atom is 0.416 e. The smallest absolute Gasteiger partial charge is 0.416 e. The SMILES string of the molecule is CCOC(=O)C1=C(C)NC2=C(C(=O)C[C@H](c3ccc(F)cc3)C2)[C@@H]1c1cccc(C(F)(F)F)c1. The number of ketones is 1. The molecule has 178 valence electrons. The summed E-state index contributed by atoms with van der Waals surface area (Å²) in [6.45, 7) is 3.35. The third-order valence-electron chi connectivity index (χ3n) is 6.21. The van der Waals surface area contributed by atoms with Crippen LogP contribution < -0.4 is 5.32 Å². The zero-order chi connectivity index (χ0) is 24.6. The van der Waals surface area contributed by atoms with E-state index in [1.807, 2.05) is 0 Å². The molecule has 2 aliphatic rings. The molecule has 8 heteroatoms. The van der Waals surface area contributed by atoms with Crippen molar-refractivity contribution in [1.29, 1.82) is 0 Å². The van der Waals surface area contributed by atoms with Crippen molar-refractivity contribution in [3.05, 3.63) is 93.6 Å². The fourth-order valence-corrected chi connectivity index (χ4v) is 4.72. The number of halogens is 4. The molecular formula is C26H23F4NO3. The quantitative estimate of drug-likeness (QED) is 0.453. The number of nitrogens with one attached hydrogen (secondary N) is 1. The van der Waals surface area contributed by atoms with E-state index in [4.69, 9.17) is 4.74 Å². The summed E-state index contributed by atoms with van der Waals surface area (Å²) in [5.41, 5.74) is 1.49. The van der Waals surface area contributed by atoms with Crippen LogP contribution >= 0.6 is 0 Å². The summed E-state index contributed by atoms with van der Waals surface area (Å²) in [5, 5.41) is 3.14. The van der Waals surface area contributed by atoms with Crippen molar-refractivity contribution in [3.63, 3.8) is 0 Å². The fourth-order valence-electron chi connectivity index (χ4n) is 4.72. The van der Waals surface area contributed by atoms with E-state index >= 15 is 0 Å². The first kappa shape index (κ1) is 23.7. The maximum absolute atomic E-state index is 13.4. The number of rotatable bonds is 4. The lowest BCUT2D eigenvalue weighted by Crippen LogP contribution is -2.36. The van der Waals surface area contributed by atoms with E-state index in [1.165, 1.54) is 24.3 Å². The zero-order valence-corrected chi connectivity index (χ0v) is 18.6. The predicted octanol–water partition coefficient (Wildman–Crippen LogP) is 5.77. The van der Waals surface area contributed by atoms with E-state index < -0.39 is 23.6 Å². The normalized spacial score (nSPS) is 20.7. The molecule has 0 unspecified atom stereocenters. The molecule has 0 aromatic heterocycles. The number of carbonyl (C=O) groups excluding carboxylic acids is 2. The van der Waals surface area contributed by atoms with Gasteiger partial charge in [-0.1, -0.05) is 30.3 Å². The molecule has 4 rings (SSSR count). The number of alkyl halides is 3. The average Bonchev–Trinajstić information content (AvgIpc) is 2.78. The van der Waals surface area contributed by atoms with Gasteiger partial charge in [0.1, 0.15) is 5.82 Å². The Morgan fingerprint density at radius 1 is 1.09 bits per heavy atom. The highest BCUT2D eigenvalue weighted by atomic mass is 19.4. The maximum atomic E-state index is 13.4. The zero-order valence-electron chi connectivity index (χ0n) is 18.6. The van der Waals surface area contributed by atoms with Crippen molar-refractivity contribution in [2.75, 3.05) is 6.61 Å². The highest BCUT2D eigenvalue weighted by molar-refractivity contribution is 6.04. The molecule has 2 atom stereocenters. The van der Waals surface area contributed by atoms with Gasteiger partial charge in [0.2, 0.25) is 0 Å². The molecule has 0 amide bonds. The van der Waals surface area contributed by atoms with Crippen LogP contribution in [0.1, 0.15) is 55.2 Å². The van der Waals surface area contributed by atoms with Crippen LogP contribution in [-0.2, 0) is 20.5 Å². The molecule has 0 saturated carbocycles. The van der Waals surface area contributed by atoms with E-state index in [0.717, 1.165) is 17.7 Å². The molecule has 1 aliphatic heterocycles. The number of hydrogen-bond donors (Lipinski definition) is 1. The second-order valence-corrected chi connectivity index (χ2v) is 8.41. The van der Waals surface area contributed by atoms with Crippen molar-refractivity contribution in [2.45, 2.75) is 44.7 Å². The summed E-state index contributed by atoms with van der Waals surface area (Å²) in [7, 11) is 0. The highest BCUT2D eigenvalue weighted by Gasteiger charge is 2.42. The van der Waals surface area contributed by atoms with Crippen LogP contribution in [0.15, 0.2) is 71.1 Å². The molecule has 0 fully saturated rings. The standard InChI is InChI=1S/C26H23F4NO3/c1-3-34-25(33)22-14(2)31-20-12-17(15-7-9-19(27)10-8-15)13-21(32)24(20)23(22)16-5-4-6-18(11-16)26(28,29)30/h4-11,17,23,31H,3,12-13H2,1-2H3/t17-,23-/m1/s1. The van der Waals surface area contributed by atoms with Crippen LogP contribution in [0.25, 0.3) is 0 Å². The Hall–Kier alpha value is -3.42. The molecule has 4 nitrogen and oxygen atoms in total. The Morgan fingerprint density at radius 3 is 2.44 bits per heavy atom. The van der Waals surface area contributed by atoms with Gasteiger partial charge < -0.3 is 10.1 Å². The first-order valence-corrected chi connectivity index (χ1v) is 10.9. The number of benzene rings is 2. The Balaban J connectivity index is 1.82. The number of dihydropyridines is 1. The van der Waals surface area contributed by atoms with Crippen molar-refractivity contribution >= 4 is 11.8 Å². The van der Waals surface area contributed by atoms with Gasteiger partial charge in [-0.25, -0.2) is 9.18 Å². The van der Waals surface area contributed by atoms with Crippen LogP contribution in [0.3, 0.4) is 0 Å². The van der Waals surface area contributed by atoms with Gasteiger partial charge in [-0.05, 0) is 55.5 Å². The number of esters is 1. The van der Waals surface area contributed by atoms with E-state index in [2.05, 4.69) is 5.32 Å². The largest absolute Gasteiger partial charge is 0.463 e. The number of ether oxygens (including phenoxy) is 1. The van der Waals surface area contributed by atoms with Gasteiger partial charge in [0.15, 0.2) is 5.78 Å². The number of allylic oxidation sites excluding steroid dienone is 3. The van der Waals surface area contributed by atoms with Gasteiger partial charge in [0.25, 0.3) is 0 Å².